The molecule has 0 saturated carbocycles. The Bertz CT molecular complexity index is 1340. The number of rotatable bonds is 8. The summed E-state index contributed by atoms with van der Waals surface area (Å²) in [5.41, 5.74) is 3.90. The maximum Gasteiger partial charge on any atom is 0.335 e. The lowest BCUT2D eigenvalue weighted by Crippen LogP contribution is -2.46. The lowest BCUT2D eigenvalue weighted by atomic mass is 10.2. The van der Waals surface area contributed by atoms with Crippen molar-refractivity contribution in [3.8, 4) is 5.69 Å². The molecule has 1 aliphatic heterocycles. The molecule has 0 radical (unpaired) electrons. The molecule has 1 fully saturated rings. The molecule has 1 aliphatic rings. The summed E-state index contributed by atoms with van der Waals surface area (Å²) in [6.45, 7) is 4.90. The van der Waals surface area contributed by atoms with E-state index >= 15 is 0 Å². The van der Waals surface area contributed by atoms with Crippen LogP contribution in [0.3, 0.4) is 0 Å². The van der Waals surface area contributed by atoms with Crippen LogP contribution in [0.4, 0.5) is 5.69 Å². The largest absolute Gasteiger partial charge is 0.478 e. The van der Waals surface area contributed by atoms with Gasteiger partial charge in [0.05, 0.1) is 29.7 Å². The Morgan fingerprint density at radius 1 is 1.06 bits per heavy atom. The molecule has 0 amide bonds. The van der Waals surface area contributed by atoms with E-state index in [0.29, 0.717) is 18.5 Å². The highest BCUT2D eigenvalue weighted by molar-refractivity contribution is 5.93. The van der Waals surface area contributed by atoms with E-state index in [1.54, 1.807) is 23.9 Å². The average Bonchev–Trinajstić information content (AvgIpc) is 3.45. The number of piperazine rings is 1. The normalized spacial score (nSPS) is 14.6. The van der Waals surface area contributed by atoms with Crippen molar-refractivity contribution < 1.29 is 14.6 Å². The van der Waals surface area contributed by atoms with Gasteiger partial charge in [-0.3, -0.25) is 9.47 Å². The van der Waals surface area contributed by atoms with Gasteiger partial charge >= 0.3 is 5.97 Å². The summed E-state index contributed by atoms with van der Waals surface area (Å²) >= 11 is 0. The summed E-state index contributed by atoms with van der Waals surface area (Å²) in [6, 6.07) is 13.5. The van der Waals surface area contributed by atoms with E-state index in [1.807, 2.05) is 13.1 Å². The fourth-order valence-electron chi connectivity index (χ4n) is 4.49. The first-order valence-corrected chi connectivity index (χ1v) is 11.6. The van der Waals surface area contributed by atoms with E-state index < -0.39 is 5.97 Å². The first-order valence-electron chi connectivity index (χ1n) is 11.6. The smallest absolute Gasteiger partial charge is 0.335 e. The molecule has 5 rings (SSSR count). The molecule has 0 bridgehead atoms. The number of benzene rings is 2. The van der Waals surface area contributed by atoms with Crippen molar-refractivity contribution in [2.75, 3.05) is 44.8 Å². The number of methoxy groups -OCH3 is 1. The van der Waals surface area contributed by atoms with E-state index in [1.165, 1.54) is 0 Å². The van der Waals surface area contributed by atoms with Crippen LogP contribution < -0.4 is 4.90 Å². The van der Waals surface area contributed by atoms with Crippen LogP contribution in [0.2, 0.25) is 0 Å². The molecule has 182 valence electrons. The number of carbonyl (C=O) groups is 1. The first-order chi connectivity index (χ1) is 17.0. The molecule has 35 heavy (non-hydrogen) atoms. The third-order valence-corrected chi connectivity index (χ3v) is 6.40. The molecule has 1 saturated heterocycles. The topological polar surface area (TPSA) is 114 Å². The number of hydrogen-bond donors (Lipinski definition) is 1. The summed E-state index contributed by atoms with van der Waals surface area (Å²) in [7, 11) is 3.52. The number of anilines is 1. The number of aromatic nitrogens is 6. The van der Waals surface area contributed by atoms with E-state index in [-0.39, 0.29) is 5.56 Å². The zero-order chi connectivity index (χ0) is 24.4. The number of imidazole rings is 1. The van der Waals surface area contributed by atoms with E-state index in [2.05, 4.69) is 54.2 Å². The Morgan fingerprint density at radius 3 is 2.57 bits per heavy atom. The number of carboxylic acids is 1. The van der Waals surface area contributed by atoms with Gasteiger partial charge in [0.25, 0.3) is 0 Å². The summed E-state index contributed by atoms with van der Waals surface area (Å²) in [5.74, 6) is 0.738. The number of aromatic carboxylic acids is 1. The molecule has 2 aromatic carbocycles. The van der Waals surface area contributed by atoms with Gasteiger partial charge in [-0.25, -0.2) is 14.5 Å². The van der Waals surface area contributed by atoms with Gasteiger partial charge in [0.15, 0.2) is 5.82 Å². The zero-order valence-electron chi connectivity index (χ0n) is 19.8. The minimum atomic E-state index is -0.962. The SMILES string of the molecule is COCCc1nc2cc(C(=O)O)ccc2n1-c1cccc(N2CCN(Cc3nnnn3C)CC2)c1. The van der Waals surface area contributed by atoms with Crippen LogP contribution in [-0.4, -0.2) is 85.6 Å². The molecule has 1 N–H and O–H groups in total. The Morgan fingerprint density at radius 2 is 1.86 bits per heavy atom. The second-order valence-corrected chi connectivity index (χ2v) is 8.62. The van der Waals surface area contributed by atoms with Crippen LogP contribution in [0.15, 0.2) is 42.5 Å². The van der Waals surface area contributed by atoms with Crippen molar-refractivity contribution in [1.29, 1.82) is 0 Å². The summed E-state index contributed by atoms with van der Waals surface area (Å²) < 4.78 is 9.11. The molecule has 3 heterocycles. The van der Waals surface area contributed by atoms with Crippen LogP contribution in [0, 0.1) is 0 Å². The number of hydrogen-bond acceptors (Lipinski definition) is 8. The van der Waals surface area contributed by atoms with Gasteiger partial charge in [-0.2, -0.15) is 0 Å². The molecule has 2 aromatic heterocycles. The fourth-order valence-corrected chi connectivity index (χ4v) is 4.49. The summed E-state index contributed by atoms with van der Waals surface area (Å²) in [5, 5.41) is 21.1. The predicted octanol–water partition coefficient (Wildman–Crippen LogP) is 1.76. The predicted molar refractivity (Wildman–Crippen MR) is 130 cm³/mol. The number of carboxylic acid groups (broad SMARTS) is 1. The Balaban J connectivity index is 1.40. The van der Waals surface area contributed by atoms with E-state index in [0.717, 1.165) is 61.3 Å². The van der Waals surface area contributed by atoms with E-state index in [9.17, 15) is 9.90 Å². The van der Waals surface area contributed by atoms with Gasteiger partial charge < -0.3 is 14.7 Å². The van der Waals surface area contributed by atoms with Gasteiger partial charge in [0.2, 0.25) is 0 Å². The van der Waals surface area contributed by atoms with Crippen LogP contribution in [0.5, 0.6) is 0 Å². The van der Waals surface area contributed by atoms with Gasteiger partial charge in [-0.05, 0) is 46.8 Å². The van der Waals surface area contributed by atoms with Crippen molar-refractivity contribution >= 4 is 22.7 Å². The Kier molecular flexibility index (Phi) is 6.43. The van der Waals surface area contributed by atoms with Crippen LogP contribution >= 0.6 is 0 Å². The van der Waals surface area contributed by atoms with Crippen molar-refractivity contribution in [3.63, 3.8) is 0 Å². The number of aryl methyl sites for hydroxylation is 1. The fraction of sp³-hybridized carbons (Fsp3) is 0.375. The Labute approximate surface area is 202 Å². The maximum absolute atomic E-state index is 11.5. The minimum Gasteiger partial charge on any atom is -0.478 e. The number of fused-ring (bicyclic) bond motifs is 1. The third kappa shape index (κ3) is 4.73. The highest BCUT2D eigenvalue weighted by atomic mass is 16.5. The second-order valence-electron chi connectivity index (χ2n) is 8.62. The summed E-state index contributed by atoms with van der Waals surface area (Å²) in [4.78, 5) is 20.9. The standard InChI is InChI=1S/C24H28N8O3/c1-29-23(26-27-28-29)16-30-9-11-31(12-10-30)18-4-3-5-19(15-18)32-21-7-6-17(24(33)34)14-20(21)25-22(32)8-13-35-2/h3-7,14-15H,8-13,16H2,1-2H3,(H,33,34). The lowest BCUT2D eigenvalue weighted by molar-refractivity contribution is 0.0697. The second kappa shape index (κ2) is 9.80. The van der Waals surface area contributed by atoms with E-state index in [4.69, 9.17) is 9.72 Å². The van der Waals surface area contributed by atoms with Crippen LogP contribution in [0.25, 0.3) is 16.7 Å². The zero-order valence-corrected chi connectivity index (χ0v) is 19.8. The quantitative estimate of drug-likeness (QED) is 0.406. The lowest BCUT2D eigenvalue weighted by Gasteiger charge is -2.35. The molecule has 0 aliphatic carbocycles. The van der Waals surface area contributed by atoms with Crippen molar-refractivity contribution in [1.82, 2.24) is 34.7 Å². The number of nitrogens with zero attached hydrogens (tertiary/aromatic N) is 8. The van der Waals surface area contributed by atoms with Crippen LogP contribution in [-0.2, 0) is 24.8 Å². The molecule has 11 nitrogen and oxygen atoms in total. The Hall–Kier alpha value is -3.83. The minimum absolute atomic E-state index is 0.226. The monoisotopic (exact) mass is 476 g/mol. The average molecular weight is 477 g/mol. The van der Waals surface area contributed by atoms with Gasteiger partial charge in [0.1, 0.15) is 5.82 Å². The number of tetrazole rings is 1. The van der Waals surface area contributed by atoms with Crippen LogP contribution in [0.1, 0.15) is 22.0 Å². The third-order valence-electron chi connectivity index (χ3n) is 6.40. The van der Waals surface area contributed by atoms with Crippen molar-refractivity contribution in [2.24, 2.45) is 7.05 Å². The molecule has 4 aromatic rings. The number of ether oxygens (including phenoxy) is 1. The molecule has 0 unspecified atom stereocenters. The van der Waals surface area contributed by atoms with Gasteiger partial charge in [-0.15, -0.1) is 5.10 Å². The van der Waals surface area contributed by atoms with Crippen molar-refractivity contribution in [2.45, 2.75) is 13.0 Å². The molecule has 0 atom stereocenters. The maximum atomic E-state index is 11.5. The molecular weight excluding hydrogens is 448 g/mol. The highest BCUT2D eigenvalue weighted by Gasteiger charge is 2.20. The first kappa shape index (κ1) is 22.9. The highest BCUT2D eigenvalue weighted by Crippen LogP contribution is 2.27. The molecule has 0 spiro atoms. The van der Waals surface area contributed by atoms with Gasteiger partial charge in [0, 0.05) is 58.1 Å². The molecule has 11 heteroatoms. The molecular formula is C24H28N8O3. The van der Waals surface area contributed by atoms with Gasteiger partial charge in [-0.1, -0.05) is 6.07 Å². The summed E-state index contributed by atoms with van der Waals surface area (Å²) in [6.07, 6.45) is 0.618. The van der Waals surface area contributed by atoms with Crippen molar-refractivity contribution in [3.05, 3.63) is 59.7 Å².